The van der Waals surface area contributed by atoms with E-state index in [0.29, 0.717) is 25.3 Å². The highest BCUT2D eigenvalue weighted by Gasteiger charge is 2.25. The van der Waals surface area contributed by atoms with Crippen LogP contribution in [-0.4, -0.2) is 46.8 Å². The zero-order chi connectivity index (χ0) is 13.8. The van der Waals surface area contributed by atoms with Crippen molar-refractivity contribution in [3.05, 3.63) is 21.9 Å². The van der Waals surface area contributed by atoms with Crippen LogP contribution in [0.4, 0.5) is 0 Å². The van der Waals surface area contributed by atoms with Gasteiger partial charge in [-0.25, -0.2) is 0 Å². The van der Waals surface area contributed by atoms with Gasteiger partial charge in [-0.3, -0.25) is 4.79 Å². The third-order valence-electron chi connectivity index (χ3n) is 3.08. The van der Waals surface area contributed by atoms with Crippen LogP contribution in [0, 0.1) is 0 Å². The third-order valence-corrected chi connectivity index (χ3v) is 3.54. The first-order valence-corrected chi connectivity index (χ1v) is 6.97. The Hall–Kier alpha value is -0.910. The van der Waals surface area contributed by atoms with E-state index in [-0.39, 0.29) is 22.3 Å². The standard InChI is InChI=1S/C12H15Cl2N3O2/c1-2-19-8-3-5-17(6-4-8)12(18)9-7-10(13)15-16-11(9)14/h7-8H,2-6H2,1H3. The van der Waals surface area contributed by atoms with Crippen molar-refractivity contribution >= 4 is 29.1 Å². The highest BCUT2D eigenvalue weighted by molar-refractivity contribution is 6.34. The van der Waals surface area contributed by atoms with Crippen LogP contribution < -0.4 is 0 Å². The lowest BCUT2D eigenvalue weighted by Crippen LogP contribution is -2.41. The van der Waals surface area contributed by atoms with Crippen molar-refractivity contribution in [2.75, 3.05) is 19.7 Å². The predicted molar refractivity (Wildman–Crippen MR) is 72.6 cm³/mol. The van der Waals surface area contributed by atoms with Crippen LogP contribution in [0.3, 0.4) is 0 Å². The van der Waals surface area contributed by atoms with E-state index >= 15 is 0 Å². The summed E-state index contributed by atoms with van der Waals surface area (Å²) >= 11 is 11.6. The minimum Gasteiger partial charge on any atom is -0.378 e. The molecule has 5 nitrogen and oxygen atoms in total. The number of carbonyl (C=O) groups excluding carboxylic acids is 1. The van der Waals surface area contributed by atoms with E-state index in [4.69, 9.17) is 27.9 Å². The molecule has 1 fully saturated rings. The second-order valence-corrected chi connectivity index (χ2v) is 5.06. The number of aromatic nitrogens is 2. The van der Waals surface area contributed by atoms with Crippen LogP contribution in [0.25, 0.3) is 0 Å². The van der Waals surface area contributed by atoms with E-state index < -0.39 is 0 Å². The van der Waals surface area contributed by atoms with E-state index in [1.165, 1.54) is 6.07 Å². The molecule has 1 aromatic rings. The second kappa shape index (κ2) is 6.50. The van der Waals surface area contributed by atoms with Gasteiger partial charge in [0.05, 0.1) is 11.7 Å². The zero-order valence-electron chi connectivity index (χ0n) is 10.6. The Morgan fingerprint density at radius 3 is 2.74 bits per heavy atom. The van der Waals surface area contributed by atoms with Gasteiger partial charge < -0.3 is 9.64 Å². The summed E-state index contributed by atoms with van der Waals surface area (Å²) < 4.78 is 5.55. The van der Waals surface area contributed by atoms with Gasteiger partial charge in [-0.1, -0.05) is 23.2 Å². The molecule has 0 bridgehead atoms. The van der Waals surface area contributed by atoms with Crippen molar-refractivity contribution in [2.45, 2.75) is 25.9 Å². The Bertz CT molecular complexity index is 462. The van der Waals surface area contributed by atoms with Gasteiger partial charge in [0.15, 0.2) is 10.3 Å². The molecule has 0 radical (unpaired) electrons. The lowest BCUT2D eigenvalue weighted by Gasteiger charge is -2.31. The number of hydrogen-bond donors (Lipinski definition) is 0. The van der Waals surface area contributed by atoms with Gasteiger partial charge >= 0.3 is 0 Å². The van der Waals surface area contributed by atoms with Crippen LogP contribution in [0.15, 0.2) is 6.07 Å². The summed E-state index contributed by atoms with van der Waals surface area (Å²) in [7, 11) is 0. The second-order valence-electron chi connectivity index (χ2n) is 4.32. The maximum Gasteiger partial charge on any atom is 0.257 e. The molecular weight excluding hydrogens is 289 g/mol. The largest absolute Gasteiger partial charge is 0.378 e. The first-order chi connectivity index (χ1) is 9.11. The van der Waals surface area contributed by atoms with Gasteiger partial charge in [0.2, 0.25) is 0 Å². The van der Waals surface area contributed by atoms with Crippen molar-refractivity contribution in [1.82, 2.24) is 15.1 Å². The maximum atomic E-state index is 12.3. The van der Waals surface area contributed by atoms with E-state index in [2.05, 4.69) is 10.2 Å². The molecule has 1 saturated heterocycles. The molecule has 2 heterocycles. The number of likely N-dealkylation sites (tertiary alicyclic amines) is 1. The normalized spacial score (nSPS) is 16.7. The van der Waals surface area contributed by atoms with Gasteiger partial charge in [-0.15, -0.1) is 10.2 Å². The minimum absolute atomic E-state index is 0.0846. The molecule has 0 aliphatic carbocycles. The molecule has 0 atom stereocenters. The lowest BCUT2D eigenvalue weighted by molar-refractivity contribution is 0.0146. The topological polar surface area (TPSA) is 55.3 Å². The summed E-state index contributed by atoms with van der Waals surface area (Å²) in [5, 5.41) is 7.49. The fourth-order valence-corrected chi connectivity index (χ4v) is 2.45. The fraction of sp³-hybridized carbons (Fsp3) is 0.583. The molecular formula is C12H15Cl2N3O2. The highest BCUT2D eigenvalue weighted by Crippen LogP contribution is 2.21. The molecule has 0 spiro atoms. The number of ether oxygens (including phenoxy) is 1. The predicted octanol–water partition coefficient (Wildman–Crippen LogP) is 2.42. The average Bonchev–Trinajstić information content (AvgIpc) is 2.42. The van der Waals surface area contributed by atoms with Crippen LogP contribution >= 0.6 is 23.2 Å². The molecule has 104 valence electrons. The molecule has 0 N–H and O–H groups in total. The van der Waals surface area contributed by atoms with E-state index in [1.807, 2.05) is 6.92 Å². The van der Waals surface area contributed by atoms with Crippen molar-refractivity contribution in [3.8, 4) is 0 Å². The summed E-state index contributed by atoms with van der Waals surface area (Å²) in [6.45, 7) is 3.98. The highest BCUT2D eigenvalue weighted by atomic mass is 35.5. The smallest absolute Gasteiger partial charge is 0.257 e. The number of piperidine rings is 1. The SMILES string of the molecule is CCOC1CCN(C(=O)c2cc(Cl)nnc2Cl)CC1. The van der Waals surface area contributed by atoms with E-state index in [9.17, 15) is 4.79 Å². The molecule has 1 aliphatic rings. The molecule has 1 aliphatic heterocycles. The summed E-state index contributed by atoms with van der Waals surface area (Å²) in [4.78, 5) is 14.1. The van der Waals surface area contributed by atoms with Crippen LogP contribution in [0.2, 0.25) is 10.3 Å². The van der Waals surface area contributed by atoms with Gasteiger partial charge in [0, 0.05) is 19.7 Å². The molecule has 0 unspecified atom stereocenters. The Balaban J connectivity index is 2.03. The van der Waals surface area contributed by atoms with Crippen molar-refractivity contribution in [1.29, 1.82) is 0 Å². The third kappa shape index (κ3) is 3.55. The molecule has 1 amide bonds. The molecule has 7 heteroatoms. The lowest BCUT2D eigenvalue weighted by atomic mass is 10.1. The zero-order valence-corrected chi connectivity index (χ0v) is 12.1. The van der Waals surface area contributed by atoms with Gasteiger partial charge in [-0.05, 0) is 25.8 Å². The first-order valence-electron chi connectivity index (χ1n) is 6.21. The Labute approximate surface area is 121 Å². The van der Waals surface area contributed by atoms with Crippen molar-refractivity contribution < 1.29 is 9.53 Å². The number of nitrogens with zero attached hydrogens (tertiary/aromatic N) is 3. The molecule has 0 saturated carbocycles. The van der Waals surface area contributed by atoms with Gasteiger partial charge in [-0.2, -0.15) is 0 Å². The maximum absolute atomic E-state index is 12.3. The summed E-state index contributed by atoms with van der Waals surface area (Å²) in [6.07, 6.45) is 1.91. The van der Waals surface area contributed by atoms with Gasteiger partial charge in [0.1, 0.15) is 0 Å². The van der Waals surface area contributed by atoms with E-state index in [1.54, 1.807) is 4.90 Å². The number of amides is 1. The molecule has 2 rings (SSSR count). The average molecular weight is 304 g/mol. The van der Waals surface area contributed by atoms with Crippen LogP contribution in [0.5, 0.6) is 0 Å². The Kier molecular flexibility index (Phi) is 4.96. The monoisotopic (exact) mass is 303 g/mol. The summed E-state index contributed by atoms with van der Waals surface area (Å²) in [6, 6.07) is 1.45. The Morgan fingerprint density at radius 2 is 2.11 bits per heavy atom. The van der Waals surface area contributed by atoms with Crippen LogP contribution in [0.1, 0.15) is 30.1 Å². The summed E-state index contributed by atoms with van der Waals surface area (Å²) in [5.74, 6) is -0.156. The number of halogens is 2. The molecule has 19 heavy (non-hydrogen) atoms. The number of carbonyl (C=O) groups is 1. The van der Waals surface area contributed by atoms with Crippen molar-refractivity contribution in [3.63, 3.8) is 0 Å². The number of rotatable bonds is 3. The van der Waals surface area contributed by atoms with Crippen LogP contribution in [-0.2, 0) is 4.74 Å². The molecule has 0 aromatic carbocycles. The quantitative estimate of drug-likeness (QED) is 0.860. The Morgan fingerprint density at radius 1 is 1.42 bits per heavy atom. The fourth-order valence-electron chi connectivity index (χ4n) is 2.13. The number of hydrogen-bond acceptors (Lipinski definition) is 4. The minimum atomic E-state index is -0.156. The van der Waals surface area contributed by atoms with Crippen molar-refractivity contribution in [2.24, 2.45) is 0 Å². The van der Waals surface area contributed by atoms with Gasteiger partial charge in [0.25, 0.3) is 5.91 Å². The molecule has 1 aromatic heterocycles. The summed E-state index contributed by atoms with van der Waals surface area (Å²) in [5.41, 5.74) is 0.302. The van der Waals surface area contributed by atoms with E-state index in [0.717, 1.165) is 12.8 Å². The first kappa shape index (κ1) is 14.5.